The molecule has 0 fully saturated rings. The van der Waals surface area contributed by atoms with E-state index in [4.69, 9.17) is 10.5 Å². The maximum Gasteiger partial charge on any atom is 0.323 e. The van der Waals surface area contributed by atoms with Crippen LogP contribution >= 0.6 is 0 Å². The van der Waals surface area contributed by atoms with Gasteiger partial charge in [0.1, 0.15) is 17.7 Å². The molecule has 4 aromatic carbocycles. The van der Waals surface area contributed by atoms with E-state index in [9.17, 15) is 23.9 Å². The number of aliphatic hydroxyl groups excluding tert-OH is 1. The van der Waals surface area contributed by atoms with Crippen molar-refractivity contribution in [2.24, 2.45) is 5.92 Å². The molecular weight excluding hydrogens is 627 g/mol. The Morgan fingerprint density at radius 3 is 2.37 bits per heavy atom. The van der Waals surface area contributed by atoms with E-state index in [0.717, 1.165) is 5.56 Å². The number of benzene rings is 4. The van der Waals surface area contributed by atoms with Crippen LogP contribution in [-0.2, 0) is 6.54 Å². The number of fused-ring (bicyclic) bond motifs is 1. The molecule has 1 heterocycles. The van der Waals surface area contributed by atoms with Crippen molar-refractivity contribution >= 4 is 40.6 Å². The molecule has 12 heteroatoms. The number of urea groups is 1. The molecule has 0 unspecified atom stereocenters. The number of nitrogen functional groups attached to an aromatic ring is 1. The zero-order valence-corrected chi connectivity index (χ0v) is 27.7. The van der Waals surface area contributed by atoms with E-state index in [1.165, 1.54) is 24.3 Å². The average molecular weight is 669 g/mol. The van der Waals surface area contributed by atoms with E-state index in [2.05, 4.69) is 20.9 Å². The largest absolute Gasteiger partial charge is 0.488 e. The van der Waals surface area contributed by atoms with Crippen molar-refractivity contribution in [2.45, 2.75) is 32.5 Å². The van der Waals surface area contributed by atoms with E-state index in [1.54, 1.807) is 66.4 Å². The quantitative estimate of drug-likeness (QED) is 0.137. The van der Waals surface area contributed by atoms with Gasteiger partial charge in [-0.25, -0.2) is 9.18 Å². The van der Waals surface area contributed by atoms with Gasteiger partial charge in [0.15, 0.2) is 0 Å². The molecule has 49 heavy (non-hydrogen) atoms. The number of aliphatic hydroxyl groups is 1. The lowest BCUT2D eigenvalue weighted by Gasteiger charge is -2.38. The molecule has 4 aromatic rings. The van der Waals surface area contributed by atoms with Gasteiger partial charge in [0.25, 0.3) is 11.8 Å². The van der Waals surface area contributed by atoms with Crippen molar-refractivity contribution in [2.75, 3.05) is 48.4 Å². The van der Waals surface area contributed by atoms with E-state index >= 15 is 0 Å². The molecule has 3 atom stereocenters. The Balaban J connectivity index is 1.28. The number of nitrogens with zero attached hydrogens (tertiary/aromatic N) is 2. The fourth-order valence-corrected chi connectivity index (χ4v) is 5.60. The van der Waals surface area contributed by atoms with Crippen LogP contribution in [0.15, 0.2) is 91.0 Å². The Morgan fingerprint density at radius 2 is 1.67 bits per heavy atom. The van der Waals surface area contributed by atoms with Gasteiger partial charge >= 0.3 is 6.03 Å². The minimum atomic E-state index is -0.561. The normalized spacial score (nSPS) is 16.5. The van der Waals surface area contributed by atoms with Crippen LogP contribution < -0.4 is 26.4 Å². The third-order valence-corrected chi connectivity index (χ3v) is 8.39. The third-order valence-electron chi connectivity index (χ3n) is 8.39. The van der Waals surface area contributed by atoms with Crippen molar-refractivity contribution in [1.82, 2.24) is 9.80 Å². The molecule has 0 radical (unpaired) electrons. The maximum atomic E-state index is 13.8. The molecule has 1 aliphatic rings. The van der Waals surface area contributed by atoms with Gasteiger partial charge in [0, 0.05) is 42.5 Å². The summed E-state index contributed by atoms with van der Waals surface area (Å²) in [5, 5.41) is 18.2. The highest BCUT2D eigenvalue weighted by atomic mass is 19.1. The summed E-state index contributed by atoms with van der Waals surface area (Å²) in [4.78, 5) is 43.0. The lowest BCUT2D eigenvalue weighted by Crippen LogP contribution is -2.49. The van der Waals surface area contributed by atoms with Crippen LogP contribution in [0.4, 0.5) is 31.9 Å². The minimum Gasteiger partial charge on any atom is -0.488 e. The molecule has 256 valence electrons. The first-order valence-corrected chi connectivity index (χ1v) is 16.0. The Labute approximate surface area is 284 Å². The number of halogens is 1. The minimum absolute atomic E-state index is 0.0932. The lowest BCUT2D eigenvalue weighted by atomic mass is 9.99. The third kappa shape index (κ3) is 8.92. The molecule has 0 spiro atoms. The zero-order valence-electron chi connectivity index (χ0n) is 27.7. The van der Waals surface area contributed by atoms with Crippen molar-refractivity contribution in [3.05, 3.63) is 114 Å². The number of para-hydroxylation sites is 2. The summed E-state index contributed by atoms with van der Waals surface area (Å²) in [6.45, 7) is 5.02. The van der Waals surface area contributed by atoms with Gasteiger partial charge in [0.05, 0.1) is 29.6 Å². The van der Waals surface area contributed by atoms with Crippen molar-refractivity contribution < 1.29 is 28.6 Å². The number of nitrogens with one attached hydrogen (secondary N) is 3. The van der Waals surface area contributed by atoms with Crippen LogP contribution in [0.5, 0.6) is 5.75 Å². The van der Waals surface area contributed by atoms with Crippen molar-refractivity contribution in [1.29, 1.82) is 0 Å². The zero-order chi connectivity index (χ0) is 35.1. The predicted octanol–water partition coefficient (Wildman–Crippen LogP) is 5.66. The summed E-state index contributed by atoms with van der Waals surface area (Å²) < 4.78 is 19.8. The number of hydrogen-bond donors (Lipinski definition) is 5. The van der Waals surface area contributed by atoms with Crippen LogP contribution in [0.1, 0.15) is 40.1 Å². The highest BCUT2D eigenvalue weighted by Gasteiger charge is 2.33. The second kappa shape index (κ2) is 15.6. The fraction of sp³-hybridized carbons (Fsp3) is 0.270. The molecule has 5 rings (SSSR count). The van der Waals surface area contributed by atoms with E-state index in [0.29, 0.717) is 53.7 Å². The monoisotopic (exact) mass is 668 g/mol. The van der Waals surface area contributed by atoms with Gasteiger partial charge < -0.3 is 36.4 Å². The number of carbonyl (C=O) groups is 3. The summed E-state index contributed by atoms with van der Waals surface area (Å²) in [5.74, 6) is -0.723. The molecule has 0 saturated carbocycles. The highest BCUT2D eigenvalue weighted by Crippen LogP contribution is 2.31. The van der Waals surface area contributed by atoms with Crippen LogP contribution in [-0.4, -0.2) is 71.6 Å². The molecular formula is C37H41FN6O5. The maximum absolute atomic E-state index is 13.8. The molecule has 0 aliphatic carbocycles. The van der Waals surface area contributed by atoms with Gasteiger partial charge in [-0.2, -0.15) is 0 Å². The molecule has 0 saturated heterocycles. The summed E-state index contributed by atoms with van der Waals surface area (Å²) in [7, 11) is 1.97. The first-order chi connectivity index (χ1) is 23.5. The number of anilines is 4. The molecule has 0 bridgehead atoms. The summed E-state index contributed by atoms with van der Waals surface area (Å²) in [6, 6.07) is 23.6. The number of likely N-dealkylation sites (N-methyl/N-ethyl adjacent to an activating group) is 1. The summed E-state index contributed by atoms with van der Waals surface area (Å²) in [5.41, 5.74) is 9.53. The fourth-order valence-electron chi connectivity index (χ4n) is 5.60. The Hall–Kier alpha value is -5.46. The SMILES string of the molecule is C[C@@H]1CN([C@@H](C)CO)C(=O)c2cc(NC(=O)Nc3ccc(F)cc3)ccc2O[C@@H]1CN(C)Cc1ccc(C(=O)Nc2ccccc2N)cc1. The number of carbonyl (C=O) groups excluding carboxylic acids is 3. The first kappa shape index (κ1) is 34.9. The molecule has 6 N–H and O–H groups in total. The number of rotatable bonds is 10. The lowest BCUT2D eigenvalue weighted by molar-refractivity contribution is 0.0341. The standard InChI is InChI=1S/C37H41FN6O5/c1-23-19-44(24(2)22-45)36(47)30-18-29(41-37(48)40-28-14-12-27(38)13-15-28)16-17-33(30)49-34(23)21-43(3)20-25-8-10-26(11-9-25)35(46)42-32-7-5-4-6-31(32)39/h4-18,23-24,34,45H,19-22,39H2,1-3H3,(H,42,46)(H2,40,41,48)/t23-,24+,34-/m1/s1. The van der Waals surface area contributed by atoms with Gasteiger partial charge in [-0.05, 0) is 86.3 Å². The molecule has 4 amide bonds. The van der Waals surface area contributed by atoms with E-state index in [1.807, 2.05) is 26.1 Å². The van der Waals surface area contributed by atoms with Gasteiger partial charge in [-0.3, -0.25) is 14.5 Å². The first-order valence-electron chi connectivity index (χ1n) is 16.0. The highest BCUT2D eigenvalue weighted by molar-refractivity contribution is 6.06. The Morgan fingerprint density at radius 1 is 1.00 bits per heavy atom. The van der Waals surface area contributed by atoms with Gasteiger partial charge in [-0.1, -0.05) is 31.2 Å². The Kier molecular flexibility index (Phi) is 11.1. The van der Waals surface area contributed by atoms with Crippen LogP contribution in [0.2, 0.25) is 0 Å². The van der Waals surface area contributed by atoms with Crippen molar-refractivity contribution in [3.8, 4) is 5.75 Å². The number of hydrogen-bond acceptors (Lipinski definition) is 7. The molecule has 1 aliphatic heterocycles. The van der Waals surface area contributed by atoms with Crippen LogP contribution in [0.25, 0.3) is 0 Å². The summed E-state index contributed by atoms with van der Waals surface area (Å²) in [6.07, 6.45) is -0.327. The smallest absolute Gasteiger partial charge is 0.323 e. The topological polar surface area (TPSA) is 149 Å². The van der Waals surface area contributed by atoms with Gasteiger partial charge in [0.2, 0.25) is 0 Å². The van der Waals surface area contributed by atoms with Crippen LogP contribution in [0, 0.1) is 11.7 Å². The average Bonchev–Trinajstić information content (AvgIpc) is 3.08. The Bertz CT molecular complexity index is 1790. The molecule has 0 aromatic heterocycles. The van der Waals surface area contributed by atoms with Crippen molar-refractivity contribution in [3.63, 3.8) is 0 Å². The number of ether oxygens (including phenoxy) is 1. The predicted molar refractivity (Wildman–Crippen MR) is 188 cm³/mol. The number of amides is 4. The van der Waals surface area contributed by atoms with E-state index in [-0.39, 0.29) is 36.0 Å². The second-order valence-corrected chi connectivity index (χ2v) is 12.4. The molecule has 11 nitrogen and oxygen atoms in total. The van der Waals surface area contributed by atoms with Crippen LogP contribution in [0.3, 0.4) is 0 Å². The van der Waals surface area contributed by atoms with Gasteiger partial charge in [-0.15, -0.1) is 0 Å². The summed E-state index contributed by atoms with van der Waals surface area (Å²) >= 11 is 0. The second-order valence-electron chi connectivity index (χ2n) is 12.4. The van der Waals surface area contributed by atoms with E-state index < -0.39 is 17.9 Å². The number of nitrogens with two attached hydrogens (primary N) is 1.